The van der Waals surface area contributed by atoms with Crippen molar-refractivity contribution < 1.29 is 4.74 Å². The second-order valence-electron chi connectivity index (χ2n) is 5.83. The van der Waals surface area contributed by atoms with E-state index in [2.05, 4.69) is 9.97 Å². The van der Waals surface area contributed by atoms with E-state index in [1.165, 1.54) is 11.8 Å². The summed E-state index contributed by atoms with van der Waals surface area (Å²) in [6, 6.07) is 9.71. The first-order chi connectivity index (χ1) is 11.7. The zero-order chi connectivity index (χ0) is 16.7. The van der Waals surface area contributed by atoms with Crippen molar-refractivity contribution >= 4 is 22.8 Å². The lowest BCUT2D eigenvalue weighted by Crippen LogP contribution is -2.22. The molecule has 0 spiro atoms. The molecule has 1 aromatic carbocycles. The summed E-state index contributed by atoms with van der Waals surface area (Å²) in [7, 11) is 1.63. The molecule has 0 unspecified atom stereocenters. The fourth-order valence-corrected chi connectivity index (χ4v) is 3.19. The Labute approximate surface area is 143 Å². The van der Waals surface area contributed by atoms with Gasteiger partial charge in [-0.3, -0.25) is 9.36 Å². The maximum Gasteiger partial charge on any atom is 0.260 e. The second-order valence-corrected chi connectivity index (χ2v) is 6.60. The minimum atomic E-state index is 0.0147. The van der Waals surface area contributed by atoms with Gasteiger partial charge < -0.3 is 4.74 Å². The van der Waals surface area contributed by atoms with E-state index < -0.39 is 0 Å². The van der Waals surface area contributed by atoms with Crippen LogP contribution in [-0.2, 0) is 0 Å². The number of hydrogen-bond acceptors (Lipinski definition) is 5. The van der Waals surface area contributed by atoms with Crippen LogP contribution in [0.3, 0.4) is 0 Å². The highest BCUT2D eigenvalue weighted by atomic mass is 32.2. The minimum absolute atomic E-state index is 0.0147. The molecule has 0 atom stereocenters. The van der Waals surface area contributed by atoms with E-state index in [1.807, 2.05) is 41.2 Å². The summed E-state index contributed by atoms with van der Waals surface area (Å²) in [4.78, 5) is 22.0. The molecule has 5 nitrogen and oxygen atoms in total. The van der Waals surface area contributed by atoms with E-state index in [0.29, 0.717) is 10.7 Å². The van der Waals surface area contributed by atoms with Gasteiger partial charge in [0.1, 0.15) is 11.4 Å². The number of thioether (sulfide) groups is 1. The van der Waals surface area contributed by atoms with Gasteiger partial charge in [0, 0.05) is 23.2 Å². The van der Waals surface area contributed by atoms with E-state index in [0.717, 1.165) is 35.2 Å². The van der Waals surface area contributed by atoms with Gasteiger partial charge in [0.05, 0.1) is 7.11 Å². The van der Waals surface area contributed by atoms with E-state index >= 15 is 0 Å². The van der Waals surface area contributed by atoms with Gasteiger partial charge in [-0.15, -0.1) is 0 Å². The molecule has 122 valence electrons. The third-order valence-electron chi connectivity index (χ3n) is 4.25. The summed E-state index contributed by atoms with van der Waals surface area (Å²) < 4.78 is 7.04. The molecule has 24 heavy (non-hydrogen) atoms. The first-order valence-corrected chi connectivity index (χ1v) is 9.04. The smallest absolute Gasteiger partial charge is 0.260 e. The summed E-state index contributed by atoms with van der Waals surface area (Å²) in [5.41, 5.74) is 2.31. The van der Waals surface area contributed by atoms with Gasteiger partial charge in [-0.2, -0.15) is 0 Å². The molecule has 1 saturated carbocycles. The Balaban J connectivity index is 1.96. The van der Waals surface area contributed by atoms with E-state index in [9.17, 15) is 4.79 Å². The highest BCUT2D eigenvalue weighted by molar-refractivity contribution is 7.98. The molecule has 4 rings (SSSR count). The van der Waals surface area contributed by atoms with Crippen LogP contribution in [-0.4, -0.2) is 27.9 Å². The van der Waals surface area contributed by atoms with E-state index in [4.69, 9.17) is 4.74 Å². The molecular formula is C18H17N3O2S. The van der Waals surface area contributed by atoms with E-state index in [-0.39, 0.29) is 11.6 Å². The largest absolute Gasteiger partial charge is 0.497 e. The summed E-state index contributed by atoms with van der Waals surface area (Å²) >= 11 is 1.48. The summed E-state index contributed by atoms with van der Waals surface area (Å²) in [5.74, 6) is 0.773. The SMILES string of the molecule is COc1ccc(-c2cc3cnc(SC)nc3n(C3CC3)c2=O)cc1. The molecule has 6 heteroatoms. The van der Waals surface area contributed by atoms with Crippen molar-refractivity contribution in [3.63, 3.8) is 0 Å². The molecule has 0 N–H and O–H groups in total. The van der Waals surface area contributed by atoms with Gasteiger partial charge in [0.15, 0.2) is 5.16 Å². The average molecular weight is 339 g/mol. The molecule has 1 aliphatic rings. The summed E-state index contributed by atoms with van der Waals surface area (Å²) in [5, 5.41) is 1.58. The minimum Gasteiger partial charge on any atom is -0.497 e. The molecule has 0 bridgehead atoms. The Bertz CT molecular complexity index is 962. The highest BCUT2D eigenvalue weighted by Crippen LogP contribution is 2.36. The van der Waals surface area contributed by atoms with Crippen LogP contribution >= 0.6 is 11.8 Å². The van der Waals surface area contributed by atoms with Crippen LogP contribution in [0.5, 0.6) is 5.75 Å². The summed E-state index contributed by atoms with van der Waals surface area (Å²) in [6.45, 7) is 0. The van der Waals surface area contributed by atoms with Crippen molar-refractivity contribution in [2.24, 2.45) is 0 Å². The van der Waals surface area contributed by atoms with Gasteiger partial charge in [0.2, 0.25) is 0 Å². The number of nitrogens with zero attached hydrogens (tertiary/aromatic N) is 3. The topological polar surface area (TPSA) is 57.0 Å². The second kappa shape index (κ2) is 5.94. The zero-order valence-corrected chi connectivity index (χ0v) is 14.3. The fourth-order valence-electron chi connectivity index (χ4n) is 2.85. The molecule has 2 aromatic heterocycles. The van der Waals surface area contributed by atoms with Crippen molar-refractivity contribution in [2.45, 2.75) is 24.0 Å². The number of ether oxygens (including phenoxy) is 1. The lowest BCUT2D eigenvalue weighted by Gasteiger charge is -2.12. The Kier molecular flexibility index (Phi) is 3.76. The fraction of sp³-hybridized carbons (Fsp3) is 0.278. The molecule has 0 aliphatic heterocycles. The van der Waals surface area contributed by atoms with Crippen molar-refractivity contribution in [1.29, 1.82) is 0 Å². The Morgan fingerprint density at radius 2 is 2.00 bits per heavy atom. The molecule has 3 aromatic rings. The van der Waals surface area contributed by atoms with Crippen molar-refractivity contribution in [3.8, 4) is 16.9 Å². The predicted octanol–water partition coefficient (Wildman–Crippen LogP) is 3.52. The van der Waals surface area contributed by atoms with Crippen molar-refractivity contribution in [2.75, 3.05) is 13.4 Å². The third-order valence-corrected chi connectivity index (χ3v) is 4.81. The normalized spacial score (nSPS) is 14.1. The van der Waals surface area contributed by atoms with Crippen LogP contribution < -0.4 is 10.3 Å². The Hall–Kier alpha value is -2.34. The van der Waals surface area contributed by atoms with Crippen LogP contribution in [0.25, 0.3) is 22.2 Å². The molecule has 1 fully saturated rings. The maximum absolute atomic E-state index is 13.1. The number of hydrogen-bond donors (Lipinski definition) is 0. The quantitative estimate of drug-likeness (QED) is 0.538. The first-order valence-electron chi connectivity index (χ1n) is 7.82. The van der Waals surface area contributed by atoms with Gasteiger partial charge >= 0.3 is 0 Å². The lowest BCUT2D eigenvalue weighted by atomic mass is 10.1. The zero-order valence-electron chi connectivity index (χ0n) is 13.5. The predicted molar refractivity (Wildman–Crippen MR) is 95.8 cm³/mol. The number of aromatic nitrogens is 3. The van der Waals surface area contributed by atoms with Crippen LogP contribution in [0, 0.1) is 0 Å². The molecular weight excluding hydrogens is 322 g/mol. The van der Waals surface area contributed by atoms with Crippen LogP contribution in [0.1, 0.15) is 18.9 Å². The molecule has 2 heterocycles. The first kappa shape index (κ1) is 15.2. The van der Waals surface area contributed by atoms with Gasteiger partial charge in [-0.05, 0) is 42.9 Å². The van der Waals surface area contributed by atoms with Gasteiger partial charge in [-0.25, -0.2) is 9.97 Å². The molecule has 0 saturated heterocycles. The van der Waals surface area contributed by atoms with Crippen molar-refractivity contribution in [3.05, 3.63) is 46.9 Å². The number of pyridine rings is 1. The van der Waals surface area contributed by atoms with E-state index in [1.54, 1.807) is 13.3 Å². The summed E-state index contributed by atoms with van der Waals surface area (Å²) in [6.07, 6.45) is 5.80. The average Bonchev–Trinajstić information content (AvgIpc) is 3.45. The van der Waals surface area contributed by atoms with Crippen LogP contribution in [0.2, 0.25) is 0 Å². The van der Waals surface area contributed by atoms with Gasteiger partial charge in [0.25, 0.3) is 5.56 Å². The maximum atomic E-state index is 13.1. The number of fused-ring (bicyclic) bond motifs is 1. The monoisotopic (exact) mass is 339 g/mol. The van der Waals surface area contributed by atoms with Crippen LogP contribution in [0.15, 0.2) is 46.5 Å². The molecule has 1 aliphatic carbocycles. The third kappa shape index (κ3) is 2.57. The Morgan fingerprint density at radius 1 is 1.25 bits per heavy atom. The lowest BCUT2D eigenvalue weighted by molar-refractivity contribution is 0.415. The number of rotatable bonds is 4. The standard InChI is InChI=1S/C18H17N3O2S/c1-23-14-7-3-11(4-8-14)15-9-12-10-19-18(24-2)20-16(12)21(17(15)22)13-5-6-13/h3-4,7-10,13H,5-6H2,1-2H3. The van der Waals surface area contributed by atoms with Gasteiger partial charge in [-0.1, -0.05) is 23.9 Å². The Morgan fingerprint density at radius 3 is 2.62 bits per heavy atom. The molecule has 0 radical (unpaired) electrons. The number of benzene rings is 1. The highest BCUT2D eigenvalue weighted by Gasteiger charge is 2.28. The number of methoxy groups -OCH3 is 1. The van der Waals surface area contributed by atoms with Crippen molar-refractivity contribution in [1.82, 2.24) is 14.5 Å². The molecule has 0 amide bonds. The van der Waals surface area contributed by atoms with Crippen LogP contribution in [0.4, 0.5) is 0 Å².